The van der Waals surface area contributed by atoms with Crippen LogP contribution in [0.15, 0.2) is 46.9 Å². The molecule has 2 aromatic carbocycles. The number of halogens is 3. The molecule has 2 rings (SSSR count). The van der Waals surface area contributed by atoms with Gasteiger partial charge in [0.05, 0.1) is 10.5 Å². The number of hydrogen-bond donors (Lipinski definition) is 1. The lowest BCUT2D eigenvalue weighted by Crippen LogP contribution is -2.37. The van der Waals surface area contributed by atoms with E-state index in [1.54, 1.807) is 0 Å². The Morgan fingerprint density at radius 2 is 2.04 bits per heavy atom. The first-order valence-electron chi connectivity index (χ1n) is 7.64. The van der Waals surface area contributed by atoms with Crippen LogP contribution < -0.4 is 10.1 Å². The lowest BCUT2D eigenvalue weighted by Gasteiger charge is -2.26. The summed E-state index contributed by atoms with van der Waals surface area (Å²) in [6.07, 6.45) is 0. The third-order valence-corrected chi connectivity index (χ3v) is 4.60. The minimum atomic E-state index is -0.378. The molecule has 7 heteroatoms. The summed E-state index contributed by atoms with van der Waals surface area (Å²) in [4.78, 5) is 14.0. The van der Waals surface area contributed by atoms with E-state index in [1.807, 2.05) is 43.3 Å². The summed E-state index contributed by atoms with van der Waals surface area (Å²) in [5, 5.41) is 3.49. The Morgan fingerprint density at radius 1 is 1.32 bits per heavy atom. The van der Waals surface area contributed by atoms with Crippen LogP contribution >= 0.6 is 27.5 Å². The predicted octanol–water partition coefficient (Wildman–Crippen LogP) is 4.04. The van der Waals surface area contributed by atoms with E-state index in [2.05, 4.69) is 21.2 Å². The molecule has 2 aromatic rings. The molecule has 0 saturated heterocycles. The van der Waals surface area contributed by atoms with Gasteiger partial charge in [0.25, 0.3) is 5.91 Å². The van der Waals surface area contributed by atoms with Crippen molar-refractivity contribution in [1.82, 2.24) is 10.2 Å². The fraction of sp³-hybridized carbons (Fsp3) is 0.278. The summed E-state index contributed by atoms with van der Waals surface area (Å²) >= 11 is 9.45. The first-order chi connectivity index (χ1) is 11.9. The molecule has 4 nitrogen and oxygen atoms in total. The molecule has 0 bridgehead atoms. The highest BCUT2D eigenvalue weighted by atomic mass is 79.9. The van der Waals surface area contributed by atoms with Crippen LogP contribution in [0.4, 0.5) is 4.39 Å². The Hall–Kier alpha value is -1.63. The number of hydrogen-bond acceptors (Lipinski definition) is 3. The molecule has 0 unspecified atom stereocenters. The standard InChI is InChI=1S/C18H19BrClFN2O2/c1-23(2)16(13-5-3-4-6-15(13)20)10-22-18(24)11-25-17-8-7-12(21)9-14(17)19/h3-9,16H,10-11H2,1-2H3,(H,22,24)/t16-/m1/s1. The van der Waals surface area contributed by atoms with Crippen LogP contribution in [0.2, 0.25) is 5.02 Å². The van der Waals surface area contributed by atoms with Crippen LogP contribution in [-0.2, 0) is 4.79 Å². The number of carbonyl (C=O) groups is 1. The second kappa shape index (κ2) is 9.17. The molecule has 25 heavy (non-hydrogen) atoms. The van der Waals surface area contributed by atoms with Gasteiger partial charge in [-0.1, -0.05) is 29.8 Å². The third kappa shape index (κ3) is 5.70. The normalized spacial score (nSPS) is 12.1. The van der Waals surface area contributed by atoms with Crippen LogP contribution in [0.3, 0.4) is 0 Å². The van der Waals surface area contributed by atoms with Crippen LogP contribution in [-0.4, -0.2) is 38.1 Å². The van der Waals surface area contributed by atoms with E-state index >= 15 is 0 Å². The molecule has 0 heterocycles. The van der Waals surface area contributed by atoms with Crippen molar-refractivity contribution < 1.29 is 13.9 Å². The summed E-state index contributed by atoms with van der Waals surface area (Å²) in [5.74, 6) is -0.237. The molecule has 0 aliphatic carbocycles. The molecule has 0 spiro atoms. The van der Waals surface area contributed by atoms with Gasteiger partial charge < -0.3 is 15.0 Å². The SMILES string of the molecule is CN(C)[C@H](CNC(=O)COc1ccc(F)cc1Br)c1ccccc1Cl. The highest BCUT2D eigenvalue weighted by Gasteiger charge is 2.18. The highest BCUT2D eigenvalue weighted by molar-refractivity contribution is 9.10. The molecule has 0 saturated carbocycles. The molecule has 1 amide bonds. The van der Waals surface area contributed by atoms with Crippen molar-refractivity contribution in [1.29, 1.82) is 0 Å². The second-order valence-electron chi connectivity index (χ2n) is 5.67. The summed E-state index contributed by atoms with van der Waals surface area (Å²) in [6, 6.07) is 11.5. The predicted molar refractivity (Wildman–Crippen MR) is 100 cm³/mol. The Morgan fingerprint density at radius 3 is 2.68 bits per heavy atom. The molecule has 1 atom stereocenters. The summed E-state index contributed by atoms with van der Waals surface area (Å²) in [6.45, 7) is 0.233. The zero-order chi connectivity index (χ0) is 18.4. The van der Waals surface area contributed by atoms with Gasteiger partial charge in [-0.2, -0.15) is 0 Å². The van der Waals surface area contributed by atoms with Crippen molar-refractivity contribution in [3.63, 3.8) is 0 Å². The number of ether oxygens (including phenoxy) is 1. The van der Waals surface area contributed by atoms with Crippen molar-refractivity contribution >= 4 is 33.4 Å². The molecule has 0 fully saturated rings. The lowest BCUT2D eigenvalue weighted by molar-refractivity contribution is -0.123. The molecule has 0 aliphatic rings. The lowest BCUT2D eigenvalue weighted by atomic mass is 10.1. The van der Waals surface area contributed by atoms with Gasteiger partial charge in [-0.25, -0.2) is 4.39 Å². The Bertz CT molecular complexity index is 743. The van der Waals surface area contributed by atoms with Crippen LogP contribution in [0.5, 0.6) is 5.75 Å². The number of amides is 1. The van der Waals surface area contributed by atoms with E-state index in [4.69, 9.17) is 16.3 Å². The largest absolute Gasteiger partial charge is 0.483 e. The van der Waals surface area contributed by atoms with E-state index in [9.17, 15) is 9.18 Å². The number of likely N-dealkylation sites (N-methyl/N-ethyl adjacent to an activating group) is 1. The summed E-state index contributed by atoms with van der Waals surface area (Å²) < 4.78 is 18.9. The number of nitrogens with zero attached hydrogens (tertiary/aromatic N) is 1. The molecule has 0 aromatic heterocycles. The number of nitrogens with one attached hydrogen (secondary N) is 1. The monoisotopic (exact) mass is 428 g/mol. The molecule has 0 radical (unpaired) electrons. The van der Waals surface area contributed by atoms with E-state index in [1.165, 1.54) is 18.2 Å². The molecular formula is C18H19BrClFN2O2. The number of benzene rings is 2. The average Bonchev–Trinajstić information content (AvgIpc) is 2.55. The van der Waals surface area contributed by atoms with Crippen LogP contribution in [0, 0.1) is 5.82 Å². The highest BCUT2D eigenvalue weighted by Crippen LogP contribution is 2.26. The average molecular weight is 430 g/mol. The third-order valence-electron chi connectivity index (χ3n) is 3.63. The fourth-order valence-electron chi connectivity index (χ4n) is 2.31. The minimum absolute atomic E-state index is 0.0600. The van der Waals surface area contributed by atoms with Crippen LogP contribution in [0.1, 0.15) is 11.6 Å². The smallest absolute Gasteiger partial charge is 0.258 e. The van der Waals surface area contributed by atoms with E-state index in [0.717, 1.165) is 5.56 Å². The molecule has 1 N–H and O–H groups in total. The van der Waals surface area contributed by atoms with Gasteiger partial charge in [-0.3, -0.25) is 4.79 Å². The molecular weight excluding hydrogens is 411 g/mol. The number of rotatable bonds is 7. The quantitative estimate of drug-likeness (QED) is 0.722. The summed E-state index contributed by atoms with van der Waals surface area (Å²) in [5.41, 5.74) is 0.941. The maximum absolute atomic E-state index is 13.0. The van der Waals surface area contributed by atoms with E-state index < -0.39 is 0 Å². The van der Waals surface area contributed by atoms with Crippen molar-refractivity contribution in [2.24, 2.45) is 0 Å². The van der Waals surface area contributed by atoms with E-state index in [-0.39, 0.29) is 24.4 Å². The van der Waals surface area contributed by atoms with Gasteiger partial charge in [-0.15, -0.1) is 0 Å². The maximum Gasteiger partial charge on any atom is 0.258 e. The summed E-state index contributed by atoms with van der Waals surface area (Å²) in [7, 11) is 3.85. The van der Waals surface area contributed by atoms with Gasteiger partial charge in [0, 0.05) is 11.6 Å². The van der Waals surface area contributed by atoms with Crippen molar-refractivity contribution in [2.75, 3.05) is 27.2 Å². The molecule has 134 valence electrons. The maximum atomic E-state index is 13.0. The Balaban J connectivity index is 1.92. The Labute approximate surface area is 160 Å². The van der Waals surface area contributed by atoms with Gasteiger partial charge >= 0.3 is 0 Å². The first-order valence-corrected chi connectivity index (χ1v) is 8.81. The van der Waals surface area contributed by atoms with Crippen LogP contribution in [0.25, 0.3) is 0 Å². The molecule has 0 aliphatic heterocycles. The van der Waals surface area contributed by atoms with Crippen molar-refractivity contribution in [3.8, 4) is 5.75 Å². The zero-order valence-electron chi connectivity index (χ0n) is 13.9. The van der Waals surface area contributed by atoms with Crippen molar-refractivity contribution in [3.05, 3.63) is 63.3 Å². The minimum Gasteiger partial charge on any atom is -0.483 e. The first kappa shape index (κ1) is 19.7. The second-order valence-corrected chi connectivity index (χ2v) is 6.93. The topological polar surface area (TPSA) is 41.6 Å². The Kier molecular flexibility index (Phi) is 7.23. The number of carbonyl (C=O) groups excluding carboxylic acids is 1. The van der Waals surface area contributed by atoms with Gasteiger partial charge in [-0.05, 0) is 59.9 Å². The van der Waals surface area contributed by atoms with Gasteiger partial charge in [0.2, 0.25) is 0 Å². The van der Waals surface area contributed by atoms with Crippen molar-refractivity contribution in [2.45, 2.75) is 6.04 Å². The zero-order valence-corrected chi connectivity index (χ0v) is 16.3. The van der Waals surface area contributed by atoms with Gasteiger partial charge in [0.1, 0.15) is 11.6 Å². The van der Waals surface area contributed by atoms with E-state index in [0.29, 0.717) is 21.8 Å². The van der Waals surface area contributed by atoms with Gasteiger partial charge in [0.15, 0.2) is 6.61 Å². The fourth-order valence-corrected chi connectivity index (χ4v) is 3.04.